The van der Waals surface area contributed by atoms with Gasteiger partial charge in [-0.15, -0.1) is 0 Å². The quantitative estimate of drug-likeness (QED) is 0.0463. The Morgan fingerprint density at radius 3 is 1.52 bits per heavy atom. The molecule has 2 aliphatic rings. The maximum Gasteiger partial charge on any atom is 0.343 e. The average Bonchev–Trinajstić information content (AvgIpc) is 3.19. The molecule has 0 saturated heterocycles. The molecular formula is C43H52O9. The molecule has 5 rings (SSSR count). The minimum Gasteiger partial charge on any atom is -0.494 e. The molecule has 0 N–H and O–H groups in total. The van der Waals surface area contributed by atoms with Crippen LogP contribution in [0.5, 0.6) is 28.7 Å². The number of carbonyl (C=O) groups is 2. The average molecular weight is 713 g/mol. The van der Waals surface area contributed by atoms with Crippen LogP contribution in [0, 0.1) is 11.8 Å². The van der Waals surface area contributed by atoms with Crippen molar-refractivity contribution in [1.82, 2.24) is 0 Å². The van der Waals surface area contributed by atoms with E-state index in [2.05, 4.69) is 24.3 Å². The van der Waals surface area contributed by atoms with Crippen LogP contribution in [0.25, 0.3) is 0 Å². The molecule has 52 heavy (non-hydrogen) atoms. The summed E-state index contributed by atoms with van der Waals surface area (Å²) in [5.41, 5.74) is 0.734. The lowest BCUT2D eigenvalue weighted by molar-refractivity contribution is 0.0715. The molecule has 0 amide bonds. The van der Waals surface area contributed by atoms with Crippen molar-refractivity contribution in [3.8, 4) is 28.7 Å². The van der Waals surface area contributed by atoms with Crippen LogP contribution in [0.15, 0.2) is 91.0 Å². The summed E-state index contributed by atoms with van der Waals surface area (Å²) in [6.45, 7) is 4.28. The summed E-state index contributed by atoms with van der Waals surface area (Å²) in [7, 11) is 1.45. The molecule has 0 saturated carbocycles. The minimum atomic E-state index is -0.552. The molecule has 0 radical (unpaired) electrons. The van der Waals surface area contributed by atoms with Crippen molar-refractivity contribution in [1.29, 1.82) is 0 Å². The van der Waals surface area contributed by atoms with Gasteiger partial charge in [0.25, 0.3) is 0 Å². The van der Waals surface area contributed by atoms with Crippen LogP contribution >= 0.6 is 0 Å². The highest BCUT2D eigenvalue weighted by Gasteiger charge is 2.16. The van der Waals surface area contributed by atoms with Gasteiger partial charge in [-0.3, -0.25) is 0 Å². The highest BCUT2D eigenvalue weighted by molar-refractivity contribution is 5.92. The largest absolute Gasteiger partial charge is 0.494 e. The highest BCUT2D eigenvalue weighted by atomic mass is 16.6. The molecule has 3 aromatic rings. The van der Waals surface area contributed by atoms with E-state index in [4.69, 9.17) is 33.2 Å². The fourth-order valence-electron chi connectivity index (χ4n) is 6.00. The number of unbranched alkanes of at least 4 members (excludes halogenated alkanes) is 2. The Balaban J connectivity index is 0.979. The van der Waals surface area contributed by atoms with E-state index in [0.717, 1.165) is 77.8 Å². The van der Waals surface area contributed by atoms with Crippen molar-refractivity contribution in [2.45, 2.75) is 64.2 Å². The fourth-order valence-corrected chi connectivity index (χ4v) is 6.00. The Morgan fingerprint density at radius 1 is 0.558 bits per heavy atom. The Labute approximate surface area is 307 Å². The summed E-state index contributed by atoms with van der Waals surface area (Å²) in [6.07, 6.45) is 19.6. The molecule has 278 valence electrons. The molecule has 2 unspecified atom stereocenters. The molecule has 2 aliphatic carbocycles. The van der Waals surface area contributed by atoms with Crippen LogP contribution < -0.4 is 23.7 Å². The van der Waals surface area contributed by atoms with E-state index in [1.54, 1.807) is 54.6 Å². The third-order valence-corrected chi connectivity index (χ3v) is 9.09. The van der Waals surface area contributed by atoms with E-state index < -0.39 is 11.9 Å². The molecule has 0 spiro atoms. The van der Waals surface area contributed by atoms with Crippen LogP contribution in [0.1, 0.15) is 84.9 Å². The second-order valence-electron chi connectivity index (χ2n) is 13.2. The molecule has 0 fully saturated rings. The fraction of sp³-hybridized carbons (Fsp3) is 0.442. The standard InChI is InChI=1S/C43H52O9/c1-46-41-30-39(51-42(44)35-16-20-37(21-17-35)49-28-10-8-26-47-31-33-12-4-2-5-13-33)24-25-40(41)52-43(45)36-18-22-38(23-19-36)50-29-11-9-27-48-32-34-14-6-3-7-15-34/h2-4,6,16-25,30,33-34H,5,7-15,26-29,31-32H2,1H3. The third kappa shape index (κ3) is 13.2. The number of methoxy groups -OCH3 is 1. The van der Waals surface area contributed by atoms with Gasteiger partial charge < -0.3 is 33.2 Å². The Morgan fingerprint density at radius 2 is 1.04 bits per heavy atom. The lowest BCUT2D eigenvalue weighted by Gasteiger charge is -2.17. The smallest absolute Gasteiger partial charge is 0.343 e. The molecule has 3 aromatic carbocycles. The van der Waals surface area contributed by atoms with Gasteiger partial charge in [0, 0.05) is 32.5 Å². The lowest BCUT2D eigenvalue weighted by atomic mass is 9.95. The molecule has 9 nitrogen and oxygen atoms in total. The molecule has 9 heteroatoms. The van der Waals surface area contributed by atoms with Crippen LogP contribution in [0.3, 0.4) is 0 Å². The van der Waals surface area contributed by atoms with E-state index >= 15 is 0 Å². The number of benzene rings is 3. The number of hydrogen-bond acceptors (Lipinski definition) is 9. The lowest BCUT2D eigenvalue weighted by Crippen LogP contribution is -2.12. The molecule has 2 atom stereocenters. The summed E-state index contributed by atoms with van der Waals surface area (Å²) >= 11 is 0. The van der Waals surface area contributed by atoms with Crippen molar-refractivity contribution in [3.05, 3.63) is 102 Å². The summed E-state index contributed by atoms with van der Waals surface area (Å²) in [5, 5.41) is 0. The number of allylic oxidation sites excluding steroid dienone is 4. The minimum absolute atomic E-state index is 0.199. The molecule has 0 heterocycles. The number of ether oxygens (including phenoxy) is 7. The predicted octanol–water partition coefficient (Wildman–Crippen LogP) is 9.20. The zero-order chi connectivity index (χ0) is 36.2. The van der Waals surface area contributed by atoms with Gasteiger partial charge in [-0.25, -0.2) is 9.59 Å². The first-order valence-electron chi connectivity index (χ1n) is 18.6. The first kappa shape index (κ1) is 38.6. The van der Waals surface area contributed by atoms with Gasteiger partial charge in [-0.05, 0) is 137 Å². The van der Waals surface area contributed by atoms with Crippen molar-refractivity contribution < 1.29 is 42.7 Å². The summed E-state index contributed by atoms with van der Waals surface area (Å²) in [6, 6.07) is 18.2. The predicted molar refractivity (Wildman–Crippen MR) is 200 cm³/mol. The normalized spacial score (nSPS) is 16.6. The van der Waals surface area contributed by atoms with Gasteiger partial charge in [0.05, 0.1) is 31.5 Å². The van der Waals surface area contributed by atoms with E-state index in [9.17, 15) is 9.59 Å². The summed E-state index contributed by atoms with van der Waals surface area (Å²) in [5.74, 6) is 2.26. The Hall–Kier alpha value is -4.60. The van der Waals surface area contributed by atoms with E-state index in [1.807, 2.05) is 0 Å². The maximum atomic E-state index is 12.9. The van der Waals surface area contributed by atoms with Crippen molar-refractivity contribution in [2.24, 2.45) is 11.8 Å². The first-order valence-corrected chi connectivity index (χ1v) is 18.6. The van der Waals surface area contributed by atoms with Gasteiger partial charge in [0.1, 0.15) is 17.2 Å². The highest BCUT2D eigenvalue weighted by Crippen LogP contribution is 2.32. The Bertz CT molecular complexity index is 1580. The van der Waals surface area contributed by atoms with Crippen molar-refractivity contribution >= 4 is 11.9 Å². The van der Waals surface area contributed by atoms with Gasteiger partial charge >= 0.3 is 11.9 Å². The second-order valence-corrected chi connectivity index (χ2v) is 13.2. The van der Waals surface area contributed by atoms with Crippen LogP contribution in [0.2, 0.25) is 0 Å². The van der Waals surface area contributed by atoms with Gasteiger partial charge in [0.15, 0.2) is 11.5 Å². The Kier molecular flexibility index (Phi) is 16.1. The zero-order valence-electron chi connectivity index (χ0n) is 30.3. The van der Waals surface area contributed by atoms with E-state index in [1.165, 1.54) is 32.1 Å². The van der Waals surface area contributed by atoms with E-state index in [0.29, 0.717) is 47.7 Å². The molecule has 0 aliphatic heterocycles. The first-order chi connectivity index (χ1) is 25.6. The van der Waals surface area contributed by atoms with Gasteiger partial charge in [-0.2, -0.15) is 0 Å². The topological polar surface area (TPSA) is 98.8 Å². The maximum absolute atomic E-state index is 12.9. The SMILES string of the molecule is COc1cc(OC(=O)c2ccc(OCCCCOCC3CC=CCC3)cc2)ccc1OC(=O)c1ccc(OCCCCOCC2CC=CCC2)cc1. The molecular weight excluding hydrogens is 660 g/mol. The third-order valence-electron chi connectivity index (χ3n) is 9.09. The summed E-state index contributed by atoms with van der Waals surface area (Å²) in [4.78, 5) is 25.7. The van der Waals surface area contributed by atoms with Crippen LogP contribution in [-0.4, -0.2) is 58.7 Å². The van der Waals surface area contributed by atoms with Crippen LogP contribution in [-0.2, 0) is 9.47 Å². The van der Waals surface area contributed by atoms with Crippen molar-refractivity contribution in [2.75, 3.05) is 46.8 Å². The number of carbonyl (C=O) groups excluding carboxylic acids is 2. The van der Waals surface area contributed by atoms with Gasteiger partial charge in [0.2, 0.25) is 0 Å². The van der Waals surface area contributed by atoms with Crippen LogP contribution in [0.4, 0.5) is 0 Å². The zero-order valence-corrected chi connectivity index (χ0v) is 30.3. The number of esters is 2. The van der Waals surface area contributed by atoms with Crippen molar-refractivity contribution in [3.63, 3.8) is 0 Å². The number of rotatable bonds is 21. The number of hydrogen-bond donors (Lipinski definition) is 0. The second kappa shape index (κ2) is 21.7. The molecule has 0 bridgehead atoms. The molecule has 0 aromatic heterocycles. The van der Waals surface area contributed by atoms with E-state index in [-0.39, 0.29) is 17.2 Å². The summed E-state index contributed by atoms with van der Waals surface area (Å²) < 4.78 is 39.9. The van der Waals surface area contributed by atoms with Gasteiger partial charge in [-0.1, -0.05) is 24.3 Å². The monoisotopic (exact) mass is 712 g/mol.